The number of rotatable bonds is 4. The first-order valence-corrected chi connectivity index (χ1v) is 11.1. The summed E-state index contributed by atoms with van der Waals surface area (Å²) >= 11 is 0. The van der Waals surface area contributed by atoms with Crippen molar-refractivity contribution in [3.8, 4) is 33.8 Å². The molecule has 8 nitrogen and oxygen atoms in total. The lowest BCUT2D eigenvalue weighted by Crippen LogP contribution is -2.68. The number of aromatic hydroxyl groups is 1. The lowest BCUT2D eigenvalue weighted by Gasteiger charge is -2.17. The van der Waals surface area contributed by atoms with Crippen LogP contribution in [0.25, 0.3) is 28.1 Å². The maximum atomic E-state index is 11.3. The van der Waals surface area contributed by atoms with E-state index in [1.54, 1.807) is 6.07 Å². The Morgan fingerprint density at radius 3 is 1.79 bits per heavy atom. The van der Waals surface area contributed by atoms with Gasteiger partial charge in [0.1, 0.15) is 11.3 Å². The van der Waals surface area contributed by atoms with Gasteiger partial charge in [-0.3, -0.25) is 0 Å². The summed E-state index contributed by atoms with van der Waals surface area (Å²) in [6, 6.07) is 29.0. The number of nitrogens with zero attached hydrogens (tertiary/aromatic N) is 1. The zero-order valence-electron chi connectivity index (χ0n) is 17.9. The highest BCUT2D eigenvalue weighted by atomic mass is 35.7. The highest BCUT2D eigenvalue weighted by Gasteiger charge is 2.23. The van der Waals surface area contributed by atoms with Crippen molar-refractivity contribution < 1.29 is 48.5 Å². The fraction of sp³-hybridized carbons (Fsp3) is 0.0400. The number of aromatic carboxylic acids is 1. The van der Waals surface area contributed by atoms with Crippen LogP contribution >= 0.6 is 0 Å². The fourth-order valence-corrected chi connectivity index (χ4v) is 3.53. The van der Waals surface area contributed by atoms with Crippen LogP contribution in [0.5, 0.6) is 5.75 Å². The molecule has 3 aromatic carbocycles. The van der Waals surface area contributed by atoms with Gasteiger partial charge < -0.3 is 10.2 Å². The molecule has 0 radical (unpaired) electrons. The molecule has 0 saturated heterocycles. The molecule has 0 unspecified atom stereocenters. The van der Waals surface area contributed by atoms with Gasteiger partial charge in [-0.05, 0) is 29.3 Å². The van der Waals surface area contributed by atoms with E-state index in [2.05, 4.69) is 24.3 Å². The molecule has 0 spiro atoms. The lowest BCUT2D eigenvalue weighted by molar-refractivity contribution is -2.00. The van der Waals surface area contributed by atoms with Crippen LogP contribution in [0.4, 0.5) is 0 Å². The van der Waals surface area contributed by atoms with Gasteiger partial charge in [-0.25, -0.2) is 23.4 Å². The second-order valence-electron chi connectivity index (χ2n) is 7.22. The van der Waals surface area contributed by atoms with Crippen LogP contribution in [-0.4, -0.2) is 16.2 Å². The molecule has 0 bridgehead atoms. The standard InChI is InChI=1S/C25H19NO3.ClHO4/c1-17-14-20(18-8-4-2-5-9-18)15-23(19-10-6-3-7-11-19)26(17)21-12-13-22(25(28)29)24(27)16-21;2-1(3,4)5/h2-16H,1H3,(H-,27,28,29);(H,2,3,4,5). The number of aryl methyl sites for hydroxylation is 1. The van der Waals surface area contributed by atoms with E-state index in [-0.39, 0.29) is 11.3 Å². The number of carboxylic acid groups (broad SMARTS) is 1. The lowest BCUT2D eigenvalue weighted by atomic mass is 10.0. The summed E-state index contributed by atoms with van der Waals surface area (Å²) < 4.78 is 36.0. The van der Waals surface area contributed by atoms with Crippen LogP contribution in [0, 0.1) is 17.2 Å². The van der Waals surface area contributed by atoms with Gasteiger partial charge in [-0.15, -0.1) is 10.2 Å². The van der Waals surface area contributed by atoms with E-state index in [1.807, 2.05) is 60.0 Å². The maximum absolute atomic E-state index is 11.3. The third-order valence-corrected chi connectivity index (χ3v) is 4.90. The van der Waals surface area contributed by atoms with Crippen LogP contribution in [0.2, 0.25) is 0 Å². The molecule has 0 aliphatic rings. The summed E-state index contributed by atoms with van der Waals surface area (Å²) in [5, 5.41) is 19.4. The molecule has 0 saturated carbocycles. The highest BCUT2D eigenvalue weighted by Crippen LogP contribution is 2.27. The minimum atomic E-state index is -4.94. The van der Waals surface area contributed by atoms with Crippen LogP contribution in [0.1, 0.15) is 16.1 Å². The zero-order chi connectivity index (χ0) is 24.9. The Morgan fingerprint density at radius 1 is 0.765 bits per heavy atom. The van der Waals surface area contributed by atoms with Gasteiger partial charge in [0.05, 0.1) is 6.07 Å². The van der Waals surface area contributed by atoms with Crippen molar-refractivity contribution in [1.82, 2.24) is 0 Å². The summed E-state index contributed by atoms with van der Waals surface area (Å²) in [5.41, 5.74) is 5.72. The molecule has 0 aliphatic heterocycles. The quantitative estimate of drug-likeness (QED) is 0.396. The number of hydrogen-bond acceptors (Lipinski definition) is 6. The van der Waals surface area contributed by atoms with Crippen molar-refractivity contribution >= 4 is 5.97 Å². The van der Waals surface area contributed by atoms with Crippen LogP contribution in [0.15, 0.2) is 91.0 Å². The number of hydrogen-bond donors (Lipinski definition) is 2. The van der Waals surface area contributed by atoms with Crippen LogP contribution in [0.3, 0.4) is 0 Å². The summed E-state index contributed by atoms with van der Waals surface area (Å²) in [7, 11) is -4.94. The second kappa shape index (κ2) is 10.4. The monoisotopic (exact) mass is 481 g/mol. The van der Waals surface area contributed by atoms with E-state index >= 15 is 0 Å². The first kappa shape index (κ1) is 24.8. The number of benzene rings is 3. The minimum Gasteiger partial charge on any atom is -0.507 e. The Bertz CT molecular complexity index is 1280. The van der Waals surface area contributed by atoms with E-state index in [0.717, 1.165) is 28.1 Å². The first-order valence-electron chi connectivity index (χ1n) is 9.90. The summed E-state index contributed by atoms with van der Waals surface area (Å²) in [6.07, 6.45) is 0. The summed E-state index contributed by atoms with van der Waals surface area (Å²) in [4.78, 5) is 11.3. The van der Waals surface area contributed by atoms with Crippen molar-refractivity contribution in [3.05, 3.63) is 102 Å². The Morgan fingerprint density at radius 2 is 1.29 bits per heavy atom. The predicted octanol–water partition coefficient (Wildman–Crippen LogP) is 0.254. The number of carboxylic acids is 1. The van der Waals surface area contributed by atoms with Gasteiger partial charge in [-0.2, -0.15) is 4.57 Å². The minimum absolute atomic E-state index is 0.117. The molecule has 2 N–H and O–H groups in total. The van der Waals surface area contributed by atoms with Crippen molar-refractivity contribution in [2.45, 2.75) is 6.92 Å². The molecule has 0 fully saturated rings. The average Bonchev–Trinajstić information content (AvgIpc) is 2.78. The summed E-state index contributed by atoms with van der Waals surface area (Å²) in [5.74, 6) is -1.41. The van der Waals surface area contributed by atoms with E-state index in [4.69, 9.17) is 18.6 Å². The third-order valence-electron chi connectivity index (χ3n) is 4.90. The largest absolute Gasteiger partial charge is 0.507 e. The van der Waals surface area contributed by atoms with Crippen LogP contribution < -0.4 is 23.2 Å². The Hall–Kier alpha value is -3.79. The number of pyridine rings is 1. The maximum Gasteiger partial charge on any atom is 0.339 e. The predicted molar refractivity (Wildman–Crippen MR) is 112 cm³/mol. The SMILES string of the molecule is Cc1cc(-c2ccccc2)cc(-c2ccccc2)[n+]1-c1ccc(C(=O)O)c(O)c1.[O-][Cl+3]([O-])([O-])[O-]. The Kier molecular flexibility index (Phi) is 7.62. The summed E-state index contributed by atoms with van der Waals surface area (Å²) in [6.45, 7) is 2.00. The molecule has 4 rings (SSSR count). The van der Waals surface area contributed by atoms with E-state index in [9.17, 15) is 15.0 Å². The number of aromatic nitrogens is 1. The zero-order valence-corrected chi connectivity index (χ0v) is 18.7. The molecular formula is C25H20ClNO7. The van der Waals surface area contributed by atoms with Crippen molar-refractivity contribution in [3.63, 3.8) is 0 Å². The normalized spacial score (nSPS) is 10.9. The molecule has 1 heterocycles. The van der Waals surface area contributed by atoms with Crippen molar-refractivity contribution in [2.24, 2.45) is 0 Å². The van der Waals surface area contributed by atoms with Gasteiger partial charge in [0.15, 0.2) is 5.69 Å². The van der Waals surface area contributed by atoms with Gasteiger partial charge in [-0.1, -0.05) is 48.5 Å². The molecule has 1 aromatic heterocycles. The Balaban J connectivity index is 0.000000588. The van der Waals surface area contributed by atoms with E-state index in [1.165, 1.54) is 12.1 Å². The van der Waals surface area contributed by atoms with Gasteiger partial charge in [0.2, 0.25) is 11.4 Å². The molecule has 4 aromatic rings. The van der Waals surface area contributed by atoms with Gasteiger partial charge in [0.25, 0.3) is 0 Å². The van der Waals surface area contributed by atoms with Gasteiger partial charge >= 0.3 is 5.97 Å². The molecule has 0 aliphatic carbocycles. The highest BCUT2D eigenvalue weighted by molar-refractivity contribution is 5.91. The molecule has 9 heteroatoms. The van der Waals surface area contributed by atoms with E-state index in [0.29, 0.717) is 5.69 Å². The van der Waals surface area contributed by atoms with Crippen molar-refractivity contribution in [2.75, 3.05) is 0 Å². The topological polar surface area (TPSA) is 154 Å². The number of phenols is 1. The number of carbonyl (C=O) groups is 1. The Labute approximate surface area is 197 Å². The molecule has 0 atom stereocenters. The van der Waals surface area contributed by atoms with E-state index < -0.39 is 16.2 Å². The molecule has 0 amide bonds. The first-order chi connectivity index (χ1) is 16.0. The number of halogens is 1. The fourth-order valence-electron chi connectivity index (χ4n) is 3.53. The molecular weight excluding hydrogens is 462 g/mol. The third kappa shape index (κ3) is 6.38. The molecule has 174 valence electrons. The second-order valence-corrected chi connectivity index (χ2v) is 7.98. The van der Waals surface area contributed by atoms with Crippen LogP contribution in [-0.2, 0) is 0 Å². The van der Waals surface area contributed by atoms with Gasteiger partial charge in [0, 0.05) is 30.7 Å². The van der Waals surface area contributed by atoms with Crippen molar-refractivity contribution in [1.29, 1.82) is 0 Å². The smallest absolute Gasteiger partial charge is 0.339 e. The molecule has 34 heavy (non-hydrogen) atoms. The average molecular weight is 482 g/mol.